The fourth-order valence-corrected chi connectivity index (χ4v) is 6.26. The summed E-state index contributed by atoms with van der Waals surface area (Å²) in [6, 6.07) is 0. The quantitative estimate of drug-likeness (QED) is 0.291. The van der Waals surface area contributed by atoms with Gasteiger partial charge in [0, 0.05) is 45.3 Å². The molecule has 2 aliphatic heterocycles. The topological polar surface area (TPSA) is 77.0 Å². The molecule has 7 heteroatoms. The molecule has 4 aliphatic rings. The number of imide groups is 1. The summed E-state index contributed by atoms with van der Waals surface area (Å²) < 4.78 is 0. The fraction of sp³-hybridized carbons (Fsp3) is 0.792. The Labute approximate surface area is 186 Å². The molecule has 2 amide bonds. The Kier molecular flexibility index (Phi) is 6.16. The molecule has 2 saturated heterocycles. The number of amides is 2. The summed E-state index contributed by atoms with van der Waals surface area (Å²) in [5.74, 6) is 2.50. The minimum atomic E-state index is -0.116. The first-order valence-electron chi connectivity index (χ1n) is 11.9. The molecule has 1 saturated carbocycles. The SMILES string of the molecule is CN=C(NCCN1C(=O)C2C3C=CC(C3)C2C1=O)NCC(C)(C)N1CC(C)CC(C)C1. The van der Waals surface area contributed by atoms with E-state index in [2.05, 4.69) is 60.4 Å². The molecule has 2 bridgehead atoms. The van der Waals surface area contributed by atoms with Crippen molar-refractivity contribution in [3.05, 3.63) is 12.2 Å². The Morgan fingerprint density at radius 3 is 2.16 bits per heavy atom. The first-order valence-corrected chi connectivity index (χ1v) is 11.9. The number of allylic oxidation sites excluding steroid dienone is 2. The zero-order valence-electron chi connectivity index (χ0n) is 19.7. The molecule has 0 radical (unpaired) electrons. The van der Waals surface area contributed by atoms with Gasteiger partial charge in [0.25, 0.3) is 0 Å². The lowest BCUT2D eigenvalue weighted by Crippen LogP contribution is -2.57. The van der Waals surface area contributed by atoms with E-state index in [9.17, 15) is 9.59 Å². The van der Waals surface area contributed by atoms with E-state index in [-0.39, 0.29) is 41.0 Å². The molecule has 6 atom stereocenters. The van der Waals surface area contributed by atoms with Crippen LogP contribution in [-0.4, -0.2) is 72.9 Å². The number of aliphatic imine (C=N–C) groups is 1. The summed E-state index contributed by atoms with van der Waals surface area (Å²) in [6.45, 7) is 13.2. The van der Waals surface area contributed by atoms with Crippen LogP contribution in [0.15, 0.2) is 17.1 Å². The smallest absolute Gasteiger partial charge is 0.233 e. The number of guanidine groups is 1. The number of rotatable bonds is 6. The third-order valence-corrected chi connectivity index (χ3v) is 7.83. The van der Waals surface area contributed by atoms with E-state index in [0.29, 0.717) is 19.0 Å². The zero-order valence-corrected chi connectivity index (χ0v) is 19.7. The van der Waals surface area contributed by atoms with Crippen LogP contribution in [0.5, 0.6) is 0 Å². The highest BCUT2D eigenvalue weighted by Gasteiger charge is 2.58. The van der Waals surface area contributed by atoms with E-state index in [1.54, 1.807) is 7.05 Å². The predicted molar refractivity (Wildman–Crippen MR) is 122 cm³/mol. The number of nitrogens with zero attached hydrogens (tertiary/aromatic N) is 3. The lowest BCUT2D eigenvalue weighted by molar-refractivity contribution is -0.140. The minimum Gasteiger partial charge on any atom is -0.355 e. The van der Waals surface area contributed by atoms with Crippen molar-refractivity contribution < 1.29 is 9.59 Å². The second-order valence-corrected chi connectivity index (χ2v) is 10.8. The Balaban J connectivity index is 1.25. The number of carbonyl (C=O) groups excluding carboxylic acids is 2. The van der Waals surface area contributed by atoms with Crippen LogP contribution >= 0.6 is 0 Å². The molecule has 2 heterocycles. The summed E-state index contributed by atoms with van der Waals surface area (Å²) in [7, 11) is 1.76. The second kappa shape index (κ2) is 8.57. The number of carbonyl (C=O) groups is 2. The van der Waals surface area contributed by atoms with Gasteiger partial charge >= 0.3 is 0 Å². The van der Waals surface area contributed by atoms with Gasteiger partial charge < -0.3 is 10.6 Å². The van der Waals surface area contributed by atoms with Crippen molar-refractivity contribution in [2.45, 2.75) is 46.1 Å². The highest BCUT2D eigenvalue weighted by Crippen LogP contribution is 2.52. The summed E-state index contributed by atoms with van der Waals surface area (Å²) in [6.07, 6.45) is 6.54. The average Bonchev–Trinajstić information content (AvgIpc) is 3.39. The van der Waals surface area contributed by atoms with Gasteiger partial charge in [0.15, 0.2) is 5.96 Å². The van der Waals surface area contributed by atoms with Gasteiger partial charge in [-0.05, 0) is 50.4 Å². The van der Waals surface area contributed by atoms with Gasteiger partial charge in [-0.25, -0.2) is 0 Å². The Hall–Kier alpha value is -1.89. The number of fused-ring (bicyclic) bond motifs is 5. The summed E-state index contributed by atoms with van der Waals surface area (Å²) in [5.41, 5.74) is 0.0190. The number of hydrogen-bond donors (Lipinski definition) is 2. The molecule has 3 fully saturated rings. The highest BCUT2D eigenvalue weighted by molar-refractivity contribution is 6.06. The largest absolute Gasteiger partial charge is 0.355 e. The van der Waals surface area contributed by atoms with Crippen molar-refractivity contribution in [3.63, 3.8) is 0 Å². The van der Waals surface area contributed by atoms with Crippen LogP contribution in [0.4, 0.5) is 0 Å². The summed E-state index contributed by atoms with van der Waals surface area (Å²) in [4.78, 5) is 34.0. The lowest BCUT2D eigenvalue weighted by Gasteiger charge is -2.45. The standard InChI is InChI=1S/C24H39N5O2/c1-15-10-16(2)13-28(12-15)24(3,4)14-27-23(25-5)26-8-9-29-21(30)19-17-6-7-18(11-17)20(19)22(29)31/h6-7,15-20H,8-14H2,1-5H3,(H2,25,26,27). The molecule has 0 aromatic carbocycles. The Bertz CT molecular complexity index is 736. The van der Waals surface area contributed by atoms with E-state index in [4.69, 9.17) is 0 Å². The van der Waals surface area contributed by atoms with Crippen molar-refractivity contribution in [2.75, 3.05) is 39.8 Å². The highest BCUT2D eigenvalue weighted by atomic mass is 16.2. The summed E-state index contributed by atoms with van der Waals surface area (Å²) >= 11 is 0. The van der Waals surface area contributed by atoms with Gasteiger partial charge in [-0.2, -0.15) is 0 Å². The Morgan fingerprint density at radius 1 is 1.03 bits per heavy atom. The average molecular weight is 430 g/mol. The minimum absolute atomic E-state index is 0.0190. The third-order valence-electron chi connectivity index (χ3n) is 7.83. The molecular weight excluding hydrogens is 390 g/mol. The van der Waals surface area contributed by atoms with Crippen LogP contribution in [-0.2, 0) is 9.59 Å². The van der Waals surface area contributed by atoms with Gasteiger partial charge in [0.05, 0.1) is 11.8 Å². The van der Waals surface area contributed by atoms with Crippen LogP contribution in [0, 0.1) is 35.5 Å². The summed E-state index contributed by atoms with van der Waals surface area (Å²) in [5, 5.41) is 6.74. The van der Waals surface area contributed by atoms with Crippen molar-refractivity contribution in [1.29, 1.82) is 0 Å². The molecule has 2 aliphatic carbocycles. The van der Waals surface area contributed by atoms with Crippen LogP contribution in [0.25, 0.3) is 0 Å². The molecule has 2 N–H and O–H groups in total. The van der Waals surface area contributed by atoms with Gasteiger partial charge in [-0.1, -0.05) is 26.0 Å². The monoisotopic (exact) mass is 429 g/mol. The molecule has 7 nitrogen and oxygen atoms in total. The molecular formula is C24H39N5O2. The van der Waals surface area contributed by atoms with Crippen molar-refractivity contribution in [1.82, 2.24) is 20.4 Å². The third kappa shape index (κ3) is 4.26. The number of likely N-dealkylation sites (tertiary alicyclic amines) is 2. The number of piperidine rings is 1. The van der Waals surface area contributed by atoms with E-state index in [1.165, 1.54) is 11.3 Å². The van der Waals surface area contributed by atoms with Crippen molar-refractivity contribution in [3.8, 4) is 0 Å². The molecule has 0 aromatic heterocycles. The first kappa shape index (κ1) is 22.3. The van der Waals surface area contributed by atoms with Crippen LogP contribution in [0.2, 0.25) is 0 Å². The van der Waals surface area contributed by atoms with E-state index >= 15 is 0 Å². The van der Waals surface area contributed by atoms with Gasteiger partial charge in [-0.3, -0.25) is 24.4 Å². The Morgan fingerprint density at radius 2 is 1.61 bits per heavy atom. The maximum Gasteiger partial charge on any atom is 0.233 e. The van der Waals surface area contributed by atoms with Gasteiger partial charge in [0.1, 0.15) is 0 Å². The maximum atomic E-state index is 12.8. The van der Waals surface area contributed by atoms with Crippen LogP contribution in [0.1, 0.15) is 40.5 Å². The zero-order chi connectivity index (χ0) is 22.3. The predicted octanol–water partition coefficient (Wildman–Crippen LogP) is 1.72. The van der Waals surface area contributed by atoms with Crippen LogP contribution < -0.4 is 10.6 Å². The van der Waals surface area contributed by atoms with E-state index in [1.807, 2.05) is 0 Å². The first-order chi connectivity index (χ1) is 14.7. The number of nitrogens with one attached hydrogen (secondary N) is 2. The second-order valence-electron chi connectivity index (χ2n) is 10.8. The van der Waals surface area contributed by atoms with E-state index < -0.39 is 0 Å². The molecule has 31 heavy (non-hydrogen) atoms. The normalized spacial score (nSPS) is 35.8. The molecule has 6 unspecified atom stereocenters. The molecule has 4 rings (SSSR count). The van der Waals surface area contributed by atoms with Crippen molar-refractivity contribution >= 4 is 17.8 Å². The molecule has 0 aromatic rings. The molecule has 172 valence electrons. The maximum absolute atomic E-state index is 12.8. The van der Waals surface area contributed by atoms with Gasteiger partial charge in [0.2, 0.25) is 11.8 Å². The van der Waals surface area contributed by atoms with E-state index in [0.717, 1.165) is 37.9 Å². The van der Waals surface area contributed by atoms with Gasteiger partial charge in [-0.15, -0.1) is 0 Å². The van der Waals surface area contributed by atoms with Crippen molar-refractivity contribution in [2.24, 2.45) is 40.5 Å². The fourth-order valence-electron chi connectivity index (χ4n) is 6.26. The molecule has 0 spiro atoms. The lowest BCUT2D eigenvalue weighted by atomic mass is 9.85. The number of hydrogen-bond acceptors (Lipinski definition) is 4. The van der Waals surface area contributed by atoms with Crippen LogP contribution in [0.3, 0.4) is 0 Å².